The third-order valence-electron chi connectivity index (χ3n) is 3.74. The summed E-state index contributed by atoms with van der Waals surface area (Å²) in [5.41, 5.74) is 1.46. The number of nitrogens with zero attached hydrogens (tertiary/aromatic N) is 1. The SMILES string of the molecule is CNC1CCC(N(C)Cc2ccsc2)CC1. The molecule has 1 N–H and O–H groups in total. The fraction of sp³-hybridized carbons (Fsp3) is 0.692. The zero-order chi connectivity index (χ0) is 11.4. The molecule has 1 fully saturated rings. The molecule has 1 aliphatic carbocycles. The van der Waals surface area contributed by atoms with E-state index in [-0.39, 0.29) is 0 Å². The lowest BCUT2D eigenvalue weighted by Gasteiger charge is -2.34. The van der Waals surface area contributed by atoms with Crippen LogP contribution in [0, 0.1) is 0 Å². The standard InChI is InChI=1S/C13H22N2S/c1-14-12-3-5-13(6-4-12)15(2)9-11-7-8-16-10-11/h7-8,10,12-14H,3-6,9H2,1-2H3. The molecule has 90 valence electrons. The molecule has 1 aromatic heterocycles. The van der Waals surface area contributed by atoms with Gasteiger partial charge in [0.25, 0.3) is 0 Å². The molecule has 0 aromatic carbocycles. The van der Waals surface area contributed by atoms with Gasteiger partial charge in [-0.1, -0.05) is 0 Å². The van der Waals surface area contributed by atoms with Crippen molar-refractivity contribution in [2.45, 2.75) is 44.3 Å². The Balaban J connectivity index is 1.80. The summed E-state index contributed by atoms with van der Waals surface area (Å²) in [6.45, 7) is 1.11. The minimum Gasteiger partial charge on any atom is -0.317 e. The van der Waals surface area contributed by atoms with Crippen LogP contribution >= 0.6 is 11.3 Å². The molecule has 2 nitrogen and oxygen atoms in total. The second kappa shape index (κ2) is 5.80. The zero-order valence-corrected chi connectivity index (χ0v) is 11.1. The molecule has 3 heteroatoms. The van der Waals surface area contributed by atoms with Gasteiger partial charge in [-0.3, -0.25) is 4.90 Å². The molecule has 0 bridgehead atoms. The fourth-order valence-electron chi connectivity index (χ4n) is 2.60. The van der Waals surface area contributed by atoms with Gasteiger partial charge in [-0.15, -0.1) is 0 Å². The van der Waals surface area contributed by atoms with Crippen LogP contribution in [0.2, 0.25) is 0 Å². The maximum atomic E-state index is 3.39. The van der Waals surface area contributed by atoms with Crippen molar-refractivity contribution >= 4 is 11.3 Å². The molecule has 16 heavy (non-hydrogen) atoms. The predicted molar refractivity (Wildman–Crippen MR) is 70.9 cm³/mol. The Labute approximate surface area is 103 Å². The molecular weight excluding hydrogens is 216 g/mol. The van der Waals surface area contributed by atoms with Gasteiger partial charge in [0.1, 0.15) is 0 Å². The second-order valence-corrected chi connectivity index (χ2v) is 5.62. The maximum absolute atomic E-state index is 3.39. The van der Waals surface area contributed by atoms with Crippen LogP contribution in [0.3, 0.4) is 0 Å². The molecule has 1 saturated carbocycles. The Morgan fingerprint density at radius 2 is 2.12 bits per heavy atom. The molecule has 1 aromatic rings. The second-order valence-electron chi connectivity index (χ2n) is 4.84. The molecule has 0 amide bonds. The van der Waals surface area contributed by atoms with Crippen molar-refractivity contribution in [3.63, 3.8) is 0 Å². The first-order chi connectivity index (χ1) is 7.79. The van der Waals surface area contributed by atoms with E-state index >= 15 is 0 Å². The first-order valence-corrected chi connectivity index (χ1v) is 7.12. The van der Waals surface area contributed by atoms with E-state index < -0.39 is 0 Å². The lowest BCUT2D eigenvalue weighted by atomic mass is 9.90. The summed E-state index contributed by atoms with van der Waals surface area (Å²) < 4.78 is 0. The topological polar surface area (TPSA) is 15.3 Å². The number of rotatable bonds is 4. The smallest absolute Gasteiger partial charge is 0.0241 e. The van der Waals surface area contributed by atoms with E-state index in [2.05, 4.69) is 41.1 Å². The zero-order valence-electron chi connectivity index (χ0n) is 10.3. The van der Waals surface area contributed by atoms with Crippen LogP contribution < -0.4 is 5.32 Å². The van der Waals surface area contributed by atoms with Crippen LogP contribution in [0.5, 0.6) is 0 Å². The summed E-state index contributed by atoms with van der Waals surface area (Å²) >= 11 is 1.80. The molecule has 2 rings (SSSR count). The molecule has 1 aliphatic rings. The van der Waals surface area contributed by atoms with Crippen LogP contribution in [0.4, 0.5) is 0 Å². The summed E-state index contributed by atoms with van der Waals surface area (Å²) in [6.07, 6.45) is 5.34. The molecule has 0 aliphatic heterocycles. The average molecular weight is 238 g/mol. The Kier molecular flexibility index (Phi) is 4.38. The van der Waals surface area contributed by atoms with Crippen LogP contribution in [-0.2, 0) is 6.54 Å². The molecular formula is C13H22N2S. The van der Waals surface area contributed by atoms with Crippen LogP contribution in [0.15, 0.2) is 16.8 Å². The van der Waals surface area contributed by atoms with Crippen molar-refractivity contribution in [1.29, 1.82) is 0 Å². The van der Waals surface area contributed by atoms with Crippen molar-refractivity contribution in [2.75, 3.05) is 14.1 Å². The van der Waals surface area contributed by atoms with Gasteiger partial charge in [0, 0.05) is 18.6 Å². The highest BCUT2D eigenvalue weighted by molar-refractivity contribution is 7.07. The molecule has 0 unspecified atom stereocenters. The van der Waals surface area contributed by atoms with Crippen molar-refractivity contribution in [2.24, 2.45) is 0 Å². The van der Waals surface area contributed by atoms with Crippen LogP contribution in [0.1, 0.15) is 31.2 Å². The summed E-state index contributed by atoms with van der Waals surface area (Å²) in [7, 11) is 4.35. The molecule has 1 heterocycles. The highest BCUT2D eigenvalue weighted by Crippen LogP contribution is 2.23. The normalized spacial score (nSPS) is 26.2. The fourth-order valence-corrected chi connectivity index (χ4v) is 3.26. The summed E-state index contributed by atoms with van der Waals surface area (Å²) in [4.78, 5) is 2.52. The monoisotopic (exact) mass is 238 g/mol. The lowest BCUT2D eigenvalue weighted by molar-refractivity contribution is 0.170. The molecule has 0 saturated heterocycles. The van der Waals surface area contributed by atoms with Gasteiger partial charge in [-0.2, -0.15) is 11.3 Å². The minimum absolute atomic E-state index is 0.755. The number of hydrogen-bond acceptors (Lipinski definition) is 3. The Bertz CT molecular complexity index is 289. The third-order valence-corrected chi connectivity index (χ3v) is 4.47. The quantitative estimate of drug-likeness (QED) is 0.867. The average Bonchev–Trinajstić information content (AvgIpc) is 2.82. The van der Waals surface area contributed by atoms with Gasteiger partial charge in [-0.25, -0.2) is 0 Å². The maximum Gasteiger partial charge on any atom is 0.0241 e. The van der Waals surface area contributed by atoms with Gasteiger partial charge >= 0.3 is 0 Å². The van der Waals surface area contributed by atoms with Crippen molar-refractivity contribution < 1.29 is 0 Å². The molecule has 0 radical (unpaired) electrons. The number of hydrogen-bond donors (Lipinski definition) is 1. The summed E-state index contributed by atoms with van der Waals surface area (Å²) in [5, 5.41) is 7.82. The van der Waals surface area contributed by atoms with Gasteiger partial charge in [0.05, 0.1) is 0 Å². The van der Waals surface area contributed by atoms with Crippen molar-refractivity contribution in [1.82, 2.24) is 10.2 Å². The van der Waals surface area contributed by atoms with Crippen LogP contribution in [-0.4, -0.2) is 31.1 Å². The first-order valence-electron chi connectivity index (χ1n) is 6.18. The largest absolute Gasteiger partial charge is 0.317 e. The highest BCUT2D eigenvalue weighted by atomic mass is 32.1. The van der Waals surface area contributed by atoms with E-state index in [4.69, 9.17) is 0 Å². The predicted octanol–water partition coefficient (Wildman–Crippen LogP) is 2.71. The first kappa shape index (κ1) is 12.1. The van der Waals surface area contributed by atoms with E-state index in [0.717, 1.165) is 18.6 Å². The van der Waals surface area contributed by atoms with E-state index in [1.54, 1.807) is 11.3 Å². The highest BCUT2D eigenvalue weighted by Gasteiger charge is 2.22. The van der Waals surface area contributed by atoms with Crippen molar-refractivity contribution in [3.05, 3.63) is 22.4 Å². The number of thiophene rings is 1. The van der Waals surface area contributed by atoms with Crippen LogP contribution in [0.25, 0.3) is 0 Å². The summed E-state index contributed by atoms with van der Waals surface area (Å²) in [6, 6.07) is 3.77. The number of nitrogens with one attached hydrogen (secondary N) is 1. The molecule has 0 spiro atoms. The minimum atomic E-state index is 0.755. The van der Waals surface area contributed by atoms with E-state index in [0.29, 0.717) is 0 Å². The Morgan fingerprint density at radius 1 is 1.38 bits per heavy atom. The van der Waals surface area contributed by atoms with E-state index in [1.165, 1.54) is 31.2 Å². The van der Waals surface area contributed by atoms with Gasteiger partial charge < -0.3 is 5.32 Å². The van der Waals surface area contributed by atoms with Gasteiger partial charge in [0.15, 0.2) is 0 Å². The van der Waals surface area contributed by atoms with Crippen molar-refractivity contribution in [3.8, 4) is 0 Å². The summed E-state index contributed by atoms with van der Waals surface area (Å²) in [5.74, 6) is 0. The Morgan fingerprint density at radius 3 is 2.69 bits per heavy atom. The van der Waals surface area contributed by atoms with E-state index in [1.807, 2.05) is 0 Å². The van der Waals surface area contributed by atoms with Gasteiger partial charge in [0.2, 0.25) is 0 Å². The Hall–Kier alpha value is -0.380. The third kappa shape index (κ3) is 3.06. The van der Waals surface area contributed by atoms with E-state index in [9.17, 15) is 0 Å². The van der Waals surface area contributed by atoms with Gasteiger partial charge in [-0.05, 0) is 62.2 Å². The molecule has 0 atom stereocenters. The lowest BCUT2D eigenvalue weighted by Crippen LogP contribution is -2.39.